The molecule has 6 nitrogen and oxygen atoms in total. The molecular weight excluding hydrogens is 410 g/mol. The molecule has 2 unspecified atom stereocenters. The summed E-state index contributed by atoms with van der Waals surface area (Å²) in [6, 6.07) is 7.33. The Morgan fingerprint density at radius 3 is 2.61 bits per heavy atom. The van der Waals surface area contributed by atoms with E-state index in [1.807, 2.05) is 40.9 Å². The number of likely N-dealkylation sites (tertiary alicyclic amines) is 1. The lowest BCUT2D eigenvalue weighted by atomic mass is 10.0. The SMILES string of the molecule is CCCCOc1ccc(C(=O)N2CCC3(CC2)NC(C(=O)NCC(C)CC)CS3)cc1. The number of unbranched alkanes of at least 4 members (excludes halogenated alkanes) is 1. The number of hydrogen-bond acceptors (Lipinski definition) is 5. The second-order valence-corrected chi connectivity index (χ2v) is 10.2. The van der Waals surface area contributed by atoms with Crippen LogP contribution in [0.25, 0.3) is 0 Å². The molecule has 1 aromatic carbocycles. The second-order valence-electron chi connectivity index (χ2n) is 8.78. The average molecular weight is 448 g/mol. The number of thioether (sulfide) groups is 1. The summed E-state index contributed by atoms with van der Waals surface area (Å²) in [4.78, 5) is 27.3. The van der Waals surface area contributed by atoms with Crippen molar-refractivity contribution in [3.8, 4) is 5.75 Å². The molecule has 0 saturated carbocycles. The van der Waals surface area contributed by atoms with Gasteiger partial charge in [-0.2, -0.15) is 0 Å². The fraction of sp³-hybridized carbons (Fsp3) is 0.667. The summed E-state index contributed by atoms with van der Waals surface area (Å²) in [6.07, 6.45) is 4.91. The first-order chi connectivity index (χ1) is 15.0. The molecule has 2 atom stereocenters. The van der Waals surface area contributed by atoms with Crippen LogP contribution in [0.3, 0.4) is 0 Å². The molecule has 1 aromatic rings. The van der Waals surface area contributed by atoms with Gasteiger partial charge in [-0.3, -0.25) is 14.9 Å². The molecule has 3 rings (SSSR count). The summed E-state index contributed by atoms with van der Waals surface area (Å²) < 4.78 is 5.69. The number of ether oxygens (including phenoxy) is 1. The summed E-state index contributed by atoms with van der Waals surface area (Å²) >= 11 is 1.84. The first-order valence-electron chi connectivity index (χ1n) is 11.7. The molecule has 2 heterocycles. The monoisotopic (exact) mass is 447 g/mol. The van der Waals surface area contributed by atoms with E-state index in [4.69, 9.17) is 4.74 Å². The van der Waals surface area contributed by atoms with Gasteiger partial charge in [0, 0.05) is 31.0 Å². The van der Waals surface area contributed by atoms with Crippen LogP contribution in [0.15, 0.2) is 24.3 Å². The number of nitrogens with zero attached hydrogens (tertiary/aromatic N) is 1. The molecule has 31 heavy (non-hydrogen) atoms. The Labute approximate surface area is 190 Å². The summed E-state index contributed by atoms with van der Waals surface area (Å²) in [7, 11) is 0. The minimum Gasteiger partial charge on any atom is -0.494 e. The van der Waals surface area contributed by atoms with Crippen molar-refractivity contribution < 1.29 is 14.3 Å². The van der Waals surface area contributed by atoms with Gasteiger partial charge in [0.05, 0.1) is 17.5 Å². The standard InChI is InChI=1S/C24H37N3O3S/c1-4-6-15-30-20-9-7-19(8-10-20)23(29)27-13-11-24(12-14-27)26-21(17-31-24)22(28)25-16-18(3)5-2/h7-10,18,21,26H,4-6,11-17H2,1-3H3,(H,25,28). The van der Waals surface area contributed by atoms with Crippen LogP contribution in [0, 0.1) is 5.92 Å². The van der Waals surface area contributed by atoms with Gasteiger partial charge >= 0.3 is 0 Å². The van der Waals surface area contributed by atoms with Gasteiger partial charge in [0.25, 0.3) is 5.91 Å². The predicted octanol–water partition coefficient (Wildman–Crippen LogP) is 3.67. The molecule has 2 aliphatic rings. The fourth-order valence-electron chi connectivity index (χ4n) is 3.90. The van der Waals surface area contributed by atoms with E-state index in [0.717, 1.165) is 50.2 Å². The summed E-state index contributed by atoms with van der Waals surface area (Å²) in [6.45, 7) is 9.27. The lowest BCUT2D eigenvalue weighted by molar-refractivity contribution is -0.122. The van der Waals surface area contributed by atoms with Gasteiger partial charge in [-0.15, -0.1) is 11.8 Å². The molecule has 2 N–H and O–H groups in total. The lowest BCUT2D eigenvalue weighted by Crippen LogP contribution is -2.54. The molecule has 7 heteroatoms. The number of rotatable bonds is 9. The van der Waals surface area contributed by atoms with Crippen LogP contribution < -0.4 is 15.4 Å². The number of amides is 2. The third kappa shape index (κ3) is 6.39. The molecule has 2 saturated heterocycles. The number of benzene rings is 1. The van der Waals surface area contributed by atoms with Crippen molar-refractivity contribution in [2.75, 3.05) is 32.0 Å². The van der Waals surface area contributed by atoms with Crippen molar-refractivity contribution >= 4 is 23.6 Å². The zero-order valence-electron chi connectivity index (χ0n) is 19.1. The third-order valence-electron chi connectivity index (χ3n) is 6.33. The van der Waals surface area contributed by atoms with Crippen molar-refractivity contribution in [3.63, 3.8) is 0 Å². The van der Waals surface area contributed by atoms with Crippen LogP contribution in [0.2, 0.25) is 0 Å². The Morgan fingerprint density at radius 2 is 1.97 bits per heavy atom. The van der Waals surface area contributed by atoms with Crippen molar-refractivity contribution in [1.29, 1.82) is 0 Å². The van der Waals surface area contributed by atoms with Crippen molar-refractivity contribution in [3.05, 3.63) is 29.8 Å². The predicted molar refractivity (Wildman–Crippen MR) is 127 cm³/mol. The van der Waals surface area contributed by atoms with E-state index in [2.05, 4.69) is 31.4 Å². The molecule has 2 aliphatic heterocycles. The molecular formula is C24H37N3O3S. The molecule has 0 radical (unpaired) electrons. The highest BCUT2D eigenvalue weighted by Crippen LogP contribution is 2.39. The Kier molecular flexibility index (Phi) is 8.67. The van der Waals surface area contributed by atoms with Crippen molar-refractivity contribution in [1.82, 2.24) is 15.5 Å². The Hall–Kier alpha value is -1.73. The number of hydrogen-bond donors (Lipinski definition) is 2. The maximum Gasteiger partial charge on any atom is 0.253 e. The normalized spacial score (nSPS) is 21.1. The molecule has 0 bridgehead atoms. The van der Waals surface area contributed by atoms with Crippen molar-refractivity contribution in [2.45, 2.75) is 63.8 Å². The van der Waals surface area contributed by atoms with Crippen LogP contribution in [-0.4, -0.2) is 59.6 Å². The molecule has 2 fully saturated rings. The van der Waals surface area contributed by atoms with Crippen LogP contribution >= 0.6 is 11.8 Å². The first kappa shape index (κ1) is 23.9. The second kappa shape index (κ2) is 11.2. The van der Waals surface area contributed by atoms with Gasteiger partial charge in [0.2, 0.25) is 5.91 Å². The summed E-state index contributed by atoms with van der Waals surface area (Å²) in [5.41, 5.74) is 0.702. The molecule has 1 spiro atoms. The lowest BCUT2D eigenvalue weighted by Gasteiger charge is -2.39. The zero-order valence-corrected chi connectivity index (χ0v) is 19.9. The van der Waals surface area contributed by atoms with E-state index in [0.29, 0.717) is 31.2 Å². The van der Waals surface area contributed by atoms with Crippen LogP contribution in [0.5, 0.6) is 5.75 Å². The number of nitrogens with one attached hydrogen (secondary N) is 2. The Morgan fingerprint density at radius 1 is 1.26 bits per heavy atom. The number of carbonyl (C=O) groups is 2. The van der Waals surface area contributed by atoms with Crippen LogP contribution in [0.4, 0.5) is 0 Å². The third-order valence-corrected chi connectivity index (χ3v) is 7.91. The first-order valence-corrected chi connectivity index (χ1v) is 12.7. The number of carbonyl (C=O) groups excluding carboxylic acids is 2. The van der Waals surface area contributed by atoms with E-state index in [-0.39, 0.29) is 22.7 Å². The van der Waals surface area contributed by atoms with Crippen molar-refractivity contribution in [2.24, 2.45) is 5.92 Å². The van der Waals surface area contributed by atoms with Crippen LogP contribution in [0.1, 0.15) is 63.2 Å². The smallest absolute Gasteiger partial charge is 0.253 e. The minimum absolute atomic E-state index is 0.0702. The Bertz CT molecular complexity index is 732. The average Bonchev–Trinajstić information content (AvgIpc) is 3.21. The van der Waals surface area contributed by atoms with E-state index in [1.165, 1.54) is 0 Å². The van der Waals surface area contributed by atoms with Gasteiger partial charge in [-0.05, 0) is 49.4 Å². The quantitative estimate of drug-likeness (QED) is 0.565. The maximum absolute atomic E-state index is 12.9. The highest BCUT2D eigenvalue weighted by molar-refractivity contribution is 8.01. The molecule has 0 aromatic heterocycles. The van der Waals surface area contributed by atoms with Gasteiger partial charge in [0.15, 0.2) is 0 Å². The van der Waals surface area contributed by atoms with E-state index in [1.54, 1.807) is 0 Å². The maximum atomic E-state index is 12.9. The van der Waals surface area contributed by atoms with Crippen LogP contribution in [-0.2, 0) is 4.79 Å². The Balaban J connectivity index is 1.47. The van der Waals surface area contributed by atoms with E-state index in [9.17, 15) is 9.59 Å². The highest BCUT2D eigenvalue weighted by Gasteiger charge is 2.44. The van der Waals surface area contributed by atoms with Gasteiger partial charge in [0.1, 0.15) is 5.75 Å². The number of piperidine rings is 1. The van der Waals surface area contributed by atoms with Gasteiger partial charge in [-0.1, -0.05) is 33.6 Å². The molecule has 2 amide bonds. The fourth-order valence-corrected chi connectivity index (χ4v) is 5.31. The summed E-state index contributed by atoms with van der Waals surface area (Å²) in [5, 5.41) is 6.65. The summed E-state index contributed by atoms with van der Waals surface area (Å²) in [5.74, 6) is 2.27. The van der Waals surface area contributed by atoms with E-state index >= 15 is 0 Å². The van der Waals surface area contributed by atoms with Gasteiger partial charge < -0.3 is 15.0 Å². The topological polar surface area (TPSA) is 70.7 Å². The largest absolute Gasteiger partial charge is 0.494 e. The zero-order chi connectivity index (χ0) is 22.3. The van der Waals surface area contributed by atoms with E-state index < -0.39 is 0 Å². The minimum atomic E-state index is -0.142. The van der Waals surface area contributed by atoms with Gasteiger partial charge in [-0.25, -0.2) is 0 Å². The molecule has 0 aliphatic carbocycles. The molecule has 172 valence electrons. The highest BCUT2D eigenvalue weighted by atomic mass is 32.2.